The number of esters is 2. The number of rotatable bonds is 4. The fraction of sp³-hybridized carbons (Fsp3) is 0.182. The van der Waals surface area contributed by atoms with Crippen LogP contribution in [-0.2, 0) is 9.47 Å². The third-order valence-corrected chi connectivity index (χ3v) is 2.49. The van der Waals surface area contributed by atoms with Crippen LogP contribution in [0.1, 0.15) is 20.7 Å². The molecular weight excluding hydrogens is 259 g/mol. The van der Waals surface area contributed by atoms with Crippen molar-refractivity contribution >= 4 is 25.6 Å². The lowest BCUT2D eigenvalue weighted by Gasteiger charge is -2.10. The Kier molecular flexibility index (Phi) is 4.67. The molecule has 0 aliphatic heterocycles. The number of hydrogen-bond donors (Lipinski definition) is 2. The summed E-state index contributed by atoms with van der Waals surface area (Å²) in [4.78, 5) is 40.6. The molecule has 0 radical (unpaired) electrons. The lowest BCUT2D eigenvalue weighted by Crippen LogP contribution is -2.08. The molecule has 1 aromatic carbocycles. The van der Waals surface area contributed by atoms with E-state index >= 15 is 0 Å². The van der Waals surface area contributed by atoms with Gasteiger partial charge >= 0.3 is 11.9 Å². The summed E-state index contributed by atoms with van der Waals surface area (Å²) < 4.78 is 9.15. The second-order valence-corrected chi connectivity index (χ2v) is 5.52. The molecule has 0 bridgehead atoms. The highest BCUT2D eigenvalue weighted by Gasteiger charge is 2.13. The first-order valence-electron chi connectivity index (χ1n) is 4.87. The van der Waals surface area contributed by atoms with Crippen LogP contribution >= 0.6 is 7.34 Å². The molecule has 0 amide bonds. The van der Waals surface area contributed by atoms with Crippen molar-refractivity contribution in [3.63, 3.8) is 0 Å². The summed E-state index contributed by atoms with van der Waals surface area (Å²) in [6.45, 7) is 0. The van der Waals surface area contributed by atoms with Gasteiger partial charge in [0.05, 0.1) is 18.2 Å². The van der Waals surface area contributed by atoms with Gasteiger partial charge in [0.1, 0.15) is 7.34 Å². The van der Waals surface area contributed by atoms with E-state index < -0.39 is 25.6 Å². The normalized spacial score (nSPS) is 10.8. The number of carbonyl (C=O) groups is 2. The molecule has 0 saturated carbocycles. The van der Waals surface area contributed by atoms with E-state index in [0.717, 1.165) is 0 Å². The first-order valence-corrected chi connectivity index (χ1v) is 6.93. The molecule has 0 aliphatic rings. The first kappa shape index (κ1) is 14.4. The van der Waals surface area contributed by atoms with E-state index in [9.17, 15) is 9.59 Å². The van der Waals surface area contributed by atoms with Gasteiger partial charge in [-0.25, -0.2) is 9.59 Å². The minimum absolute atomic E-state index is 0.191. The molecular formula is C11H13O6P. The summed E-state index contributed by atoms with van der Waals surface area (Å²) >= 11 is 0. The van der Waals surface area contributed by atoms with Crippen LogP contribution in [0, 0.1) is 0 Å². The predicted molar refractivity (Wildman–Crippen MR) is 66.5 cm³/mol. The topological polar surface area (TPSA) is 93.1 Å². The number of hydrogen-bond acceptors (Lipinski definition) is 6. The quantitative estimate of drug-likeness (QED) is 0.623. The monoisotopic (exact) mass is 272 g/mol. The van der Waals surface area contributed by atoms with Crippen LogP contribution < -0.4 is 0 Å². The molecule has 0 saturated heterocycles. The Hall–Kier alpha value is -1.62. The lowest BCUT2D eigenvalue weighted by molar-refractivity contribution is 0.0556. The number of carbonyl (C=O) groups excluding carboxylic acids is 2. The molecule has 18 heavy (non-hydrogen) atoms. The highest BCUT2D eigenvalue weighted by molar-refractivity contribution is 7.62. The van der Waals surface area contributed by atoms with E-state index in [2.05, 4.69) is 15.8 Å². The Balaban J connectivity index is 2.71. The van der Waals surface area contributed by atoms with Gasteiger partial charge in [0.15, 0.2) is 6.35 Å². The van der Waals surface area contributed by atoms with E-state index in [0.29, 0.717) is 5.56 Å². The van der Waals surface area contributed by atoms with Gasteiger partial charge in [0.2, 0.25) is 0 Å². The predicted octanol–water partition coefficient (Wildman–Crippen LogP) is 0.852. The second kappa shape index (κ2) is 5.82. The molecule has 0 fully saturated rings. The van der Waals surface area contributed by atoms with Crippen LogP contribution in [0.15, 0.2) is 24.3 Å². The van der Waals surface area contributed by atoms with Crippen LogP contribution in [0.2, 0.25) is 0 Å². The zero-order valence-electron chi connectivity index (χ0n) is 9.70. The molecule has 1 aromatic rings. The minimum Gasteiger partial charge on any atom is -0.465 e. The zero-order valence-corrected chi connectivity index (χ0v) is 10.6. The summed E-state index contributed by atoms with van der Waals surface area (Å²) in [6, 6.07) is 5.58. The smallest absolute Gasteiger partial charge is 0.338 e. The van der Waals surface area contributed by atoms with E-state index in [1.54, 1.807) is 0 Å². The molecule has 0 atom stereocenters. The van der Waals surface area contributed by atoms with Gasteiger partial charge in [-0.15, -0.1) is 0 Å². The highest BCUT2D eigenvalue weighted by atomic mass is 31.2. The van der Waals surface area contributed by atoms with Crippen molar-refractivity contribution in [2.75, 3.05) is 13.5 Å². The average molecular weight is 272 g/mol. The SMILES string of the molecule is C=P(O)(O)COC(=O)c1ccc(C(=O)OC)cc1. The molecule has 2 N–H and O–H groups in total. The molecule has 6 nitrogen and oxygen atoms in total. The molecule has 0 unspecified atom stereocenters. The second-order valence-electron chi connectivity index (χ2n) is 3.51. The Morgan fingerprint density at radius 1 is 1.17 bits per heavy atom. The van der Waals surface area contributed by atoms with Crippen LogP contribution in [0.5, 0.6) is 0 Å². The maximum atomic E-state index is 11.5. The fourth-order valence-corrected chi connectivity index (χ4v) is 1.43. The summed E-state index contributed by atoms with van der Waals surface area (Å²) in [7, 11) is -2.13. The molecule has 0 aliphatic carbocycles. The lowest BCUT2D eigenvalue weighted by atomic mass is 10.1. The van der Waals surface area contributed by atoms with Gasteiger partial charge in [-0.1, -0.05) is 0 Å². The van der Waals surface area contributed by atoms with E-state index in [-0.39, 0.29) is 5.56 Å². The number of methoxy groups -OCH3 is 1. The molecule has 0 aromatic heterocycles. The zero-order chi connectivity index (χ0) is 13.8. The fourth-order valence-electron chi connectivity index (χ4n) is 1.11. The van der Waals surface area contributed by atoms with E-state index in [1.807, 2.05) is 0 Å². The van der Waals surface area contributed by atoms with Crippen LogP contribution in [0.4, 0.5) is 0 Å². The third-order valence-electron chi connectivity index (χ3n) is 1.94. The molecule has 98 valence electrons. The van der Waals surface area contributed by atoms with Crippen molar-refractivity contribution in [1.29, 1.82) is 0 Å². The van der Waals surface area contributed by atoms with Gasteiger partial charge < -0.3 is 19.3 Å². The highest BCUT2D eigenvalue weighted by Crippen LogP contribution is 2.33. The summed E-state index contributed by atoms with van der Waals surface area (Å²) in [5.74, 6) is -1.23. The van der Waals surface area contributed by atoms with Gasteiger partial charge in [-0.05, 0) is 30.6 Å². The molecule has 7 heteroatoms. The van der Waals surface area contributed by atoms with Crippen molar-refractivity contribution in [2.24, 2.45) is 0 Å². The van der Waals surface area contributed by atoms with Gasteiger partial charge in [-0.2, -0.15) is 0 Å². The van der Waals surface area contributed by atoms with Crippen molar-refractivity contribution in [3.05, 3.63) is 35.4 Å². The van der Waals surface area contributed by atoms with Crippen LogP contribution in [-0.4, -0.2) is 41.5 Å². The van der Waals surface area contributed by atoms with Crippen LogP contribution in [0.25, 0.3) is 0 Å². The van der Waals surface area contributed by atoms with Crippen molar-refractivity contribution in [1.82, 2.24) is 0 Å². The Labute approximate surface area is 104 Å². The third kappa shape index (κ3) is 4.33. The molecule has 1 rings (SSSR count). The minimum atomic E-state index is -3.39. The van der Waals surface area contributed by atoms with E-state index in [1.165, 1.54) is 31.4 Å². The van der Waals surface area contributed by atoms with Gasteiger partial charge in [0.25, 0.3) is 0 Å². The summed E-state index contributed by atoms with van der Waals surface area (Å²) in [5, 5.41) is 0. The van der Waals surface area contributed by atoms with Gasteiger partial charge in [0, 0.05) is 0 Å². The largest absolute Gasteiger partial charge is 0.465 e. The number of benzene rings is 1. The summed E-state index contributed by atoms with van der Waals surface area (Å²) in [5.41, 5.74) is 0.494. The summed E-state index contributed by atoms with van der Waals surface area (Å²) in [6.07, 6.45) is 2.53. The van der Waals surface area contributed by atoms with E-state index in [4.69, 9.17) is 9.79 Å². The van der Waals surface area contributed by atoms with Crippen LogP contribution in [0.3, 0.4) is 0 Å². The molecule has 0 heterocycles. The number of ether oxygens (including phenoxy) is 2. The van der Waals surface area contributed by atoms with Gasteiger partial charge in [-0.3, -0.25) is 0 Å². The average Bonchev–Trinajstić information content (AvgIpc) is 2.34. The maximum Gasteiger partial charge on any atom is 0.338 e. The Bertz CT molecular complexity index is 487. The Morgan fingerprint density at radius 2 is 1.61 bits per heavy atom. The van der Waals surface area contributed by atoms with Crippen molar-refractivity contribution < 1.29 is 28.8 Å². The van der Waals surface area contributed by atoms with Crippen molar-refractivity contribution in [2.45, 2.75) is 0 Å². The maximum absolute atomic E-state index is 11.5. The van der Waals surface area contributed by atoms with Crippen molar-refractivity contribution in [3.8, 4) is 0 Å². The molecule has 0 spiro atoms. The first-order chi connectivity index (χ1) is 8.33. The standard InChI is InChI=1S/C11H13O6P/c1-16-10(12)8-3-5-9(6-4-8)11(13)17-7-18(2,14)15/h3-6,14-15H,2,7H2,1H3. The Morgan fingerprint density at radius 3 is 2.00 bits per heavy atom.